The van der Waals surface area contributed by atoms with Gasteiger partial charge in [-0.05, 0) is 30.3 Å². The first-order valence-corrected chi connectivity index (χ1v) is 6.14. The molecule has 0 amide bonds. The van der Waals surface area contributed by atoms with Crippen molar-refractivity contribution >= 4 is 0 Å². The van der Waals surface area contributed by atoms with Gasteiger partial charge in [0, 0.05) is 11.1 Å². The smallest absolute Gasteiger partial charge is 0.258 e. The fourth-order valence-corrected chi connectivity index (χ4v) is 1.91. The van der Waals surface area contributed by atoms with Gasteiger partial charge in [-0.3, -0.25) is 0 Å². The van der Waals surface area contributed by atoms with Gasteiger partial charge in [-0.2, -0.15) is 4.98 Å². The number of phenols is 1. The van der Waals surface area contributed by atoms with Gasteiger partial charge < -0.3 is 14.4 Å². The molecule has 0 unspecified atom stereocenters. The first-order chi connectivity index (χ1) is 10.2. The van der Waals surface area contributed by atoms with E-state index < -0.39 is 0 Å². The number of methoxy groups -OCH3 is 1. The van der Waals surface area contributed by atoms with Gasteiger partial charge in [0.05, 0.1) is 7.11 Å². The van der Waals surface area contributed by atoms with Gasteiger partial charge >= 0.3 is 0 Å². The van der Waals surface area contributed by atoms with Crippen molar-refractivity contribution in [3.05, 3.63) is 48.3 Å². The number of hydrogen-bond acceptors (Lipinski definition) is 5. The lowest BCUT2D eigenvalue weighted by Crippen LogP contribution is -1.85. The summed E-state index contributed by atoms with van der Waals surface area (Å²) in [4.78, 5) is 4.19. The predicted molar refractivity (Wildman–Crippen MR) is 73.3 cm³/mol. The molecule has 5 nitrogen and oxygen atoms in total. The summed E-state index contributed by atoms with van der Waals surface area (Å²) in [6, 6.07) is 10.6. The van der Waals surface area contributed by atoms with Crippen LogP contribution >= 0.6 is 0 Å². The lowest BCUT2D eigenvalue weighted by molar-refractivity contribution is 0.373. The van der Waals surface area contributed by atoms with Crippen LogP contribution in [0.2, 0.25) is 0 Å². The van der Waals surface area contributed by atoms with Crippen molar-refractivity contribution in [2.24, 2.45) is 0 Å². The van der Waals surface area contributed by atoms with Crippen LogP contribution in [0, 0.1) is 5.82 Å². The van der Waals surface area contributed by atoms with Crippen LogP contribution in [0.5, 0.6) is 11.5 Å². The molecular weight excluding hydrogens is 275 g/mol. The Kier molecular flexibility index (Phi) is 3.27. The molecular formula is C15H11FN2O3. The van der Waals surface area contributed by atoms with Crippen molar-refractivity contribution in [2.75, 3.05) is 7.11 Å². The minimum Gasteiger partial charge on any atom is -0.504 e. The molecule has 0 spiro atoms. The Labute approximate surface area is 119 Å². The molecule has 3 rings (SSSR count). The van der Waals surface area contributed by atoms with E-state index in [9.17, 15) is 9.50 Å². The monoisotopic (exact) mass is 286 g/mol. The van der Waals surface area contributed by atoms with Crippen molar-refractivity contribution in [3.63, 3.8) is 0 Å². The minimum atomic E-state index is -0.374. The van der Waals surface area contributed by atoms with Crippen LogP contribution < -0.4 is 4.74 Å². The molecule has 0 saturated heterocycles. The molecule has 1 aromatic heterocycles. The maximum Gasteiger partial charge on any atom is 0.258 e. The molecule has 0 aliphatic carbocycles. The molecule has 1 heterocycles. The molecule has 21 heavy (non-hydrogen) atoms. The molecule has 1 N–H and O–H groups in total. The van der Waals surface area contributed by atoms with Gasteiger partial charge in [0.25, 0.3) is 5.89 Å². The normalized spacial score (nSPS) is 10.6. The van der Waals surface area contributed by atoms with Crippen LogP contribution in [0.3, 0.4) is 0 Å². The van der Waals surface area contributed by atoms with E-state index in [1.54, 1.807) is 24.3 Å². The third-order valence-electron chi connectivity index (χ3n) is 2.93. The highest BCUT2D eigenvalue weighted by molar-refractivity contribution is 5.62. The lowest BCUT2D eigenvalue weighted by Gasteiger charge is -2.03. The highest BCUT2D eigenvalue weighted by Crippen LogP contribution is 2.31. The van der Waals surface area contributed by atoms with Crippen LogP contribution in [0.15, 0.2) is 47.0 Å². The van der Waals surface area contributed by atoms with E-state index >= 15 is 0 Å². The van der Waals surface area contributed by atoms with E-state index in [1.165, 1.54) is 25.3 Å². The highest BCUT2D eigenvalue weighted by atomic mass is 19.1. The van der Waals surface area contributed by atoms with Gasteiger partial charge in [0.15, 0.2) is 11.5 Å². The molecule has 0 bridgehead atoms. The van der Waals surface area contributed by atoms with E-state index in [4.69, 9.17) is 9.26 Å². The summed E-state index contributed by atoms with van der Waals surface area (Å²) in [5, 5.41) is 13.6. The topological polar surface area (TPSA) is 68.4 Å². The molecule has 106 valence electrons. The average Bonchev–Trinajstić information content (AvgIpc) is 2.97. The number of hydrogen-bond donors (Lipinski definition) is 1. The first-order valence-electron chi connectivity index (χ1n) is 6.14. The lowest BCUT2D eigenvalue weighted by atomic mass is 10.2. The van der Waals surface area contributed by atoms with Gasteiger partial charge in [0.2, 0.25) is 5.82 Å². The second kappa shape index (κ2) is 5.24. The fraction of sp³-hybridized carbons (Fsp3) is 0.0667. The molecule has 0 radical (unpaired) electrons. The molecule has 0 aliphatic heterocycles. The molecule has 6 heteroatoms. The van der Waals surface area contributed by atoms with Crippen molar-refractivity contribution in [1.82, 2.24) is 10.1 Å². The van der Waals surface area contributed by atoms with Crippen molar-refractivity contribution in [3.8, 4) is 34.3 Å². The Morgan fingerprint density at radius 1 is 1.14 bits per heavy atom. The maximum absolute atomic E-state index is 13.2. The fourth-order valence-electron chi connectivity index (χ4n) is 1.91. The van der Waals surface area contributed by atoms with Crippen LogP contribution in [0.4, 0.5) is 4.39 Å². The minimum absolute atomic E-state index is 0.0273. The number of ether oxygens (including phenoxy) is 1. The molecule has 3 aromatic rings. The number of nitrogens with zero attached hydrogens (tertiary/aromatic N) is 2. The summed E-state index contributed by atoms with van der Waals surface area (Å²) in [7, 11) is 1.46. The Bertz CT molecular complexity index is 786. The molecule has 0 atom stereocenters. The van der Waals surface area contributed by atoms with Crippen LogP contribution in [-0.2, 0) is 0 Å². The highest BCUT2D eigenvalue weighted by Gasteiger charge is 2.13. The zero-order chi connectivity index (χ0) is 14.8. The largest absolute Gasteiger partial charge is 0.504 e. The quantitative estimate of drug-likeness (QED) is 0.800. The number of aromatic nitrogens is 2. The SMILES string of the molecule is COc1ccc(-c2nc(-c3cccc(F)c3)no2)cc1O. The van der Waals surface area contributed by atoms with Gasteiger partial charge in [0.1, 0.15) is 5.82 Å². The van der Waals surface area contributed by atoms with Crippen LogP contribution in [0.1, 0.15) is 0 Å². The standard InChI is InChI=1S/C15H11FN2O3/c1-20-13-6-5-10(8-12(13)19)15-17-14(18-21-15)9-3-2-4-11(16)7-9/h2-8,19H,1H3. The summed E-state index contributed by atoms with van der Waals surface area (Å²) in [5.41, 5.74) is 1.06. The maximum atomic E-state index is 13.2. The summed E-state index contributed by atoms with van der Waals surface area (Å²) >= 11 is 0. The Morgan fingerprint density at radius 2 is 2.00 bits per heavy atom. The van der Waals surface area contributed by atoms with E-state index in [1.807, 2.05) is 0 Å². The Morgan fingerprint density at radius 3 is 2.71 bits per heavy atom. The number of rotatable bonds is 3. The van der Waals surface area contributed by atoms with Gasteiger partial charge in [-0.15, -0.1) is 0 Å². The molecule has 2 aromatic carbocycles. The van der Waals surface area contributed by atoms with E-state index in [2.05, 4.69) is 10.1 Å². The third-order valence-corrected chi connectivity index (χ3v) is 2.93. The average molecular weight is 286 g/mol. The number of benzene rings is 2. The summed E-state index contributed by atoms with van der Waals surface area (Å²) < 4.78 is 23.3. The molecule has 0 aliphatic rings. The number of aromatic hydroxyl groups is 1. The van der Waals surface area contributed by atoms with E-state index in [-0.39, 0.29) is 23.3 Å². The van der Waals surface area contributed by atoms with Gasteiger partial charge in [-0.25, -0.2) is 4.39 Å². The van der Waals surface area contributed by atoms with Crippen molar-refractivity contribution in [2.45, 2.75) is 0 Å². The van der Waals surface area contributed by atoms with Crippen LogP contribution in [0.25, 0.3) is 22.8 Å². The van der Waals surface area contributed by atoms with E-state index in [0.717, 1.165) is 0 Å². The third kappa shape index (κ3) is 2.55. The Balaban J connectivity index is 1.96. The zero-order valence-electron chi connectivity index (χ0n) is 11.1. The zero-order valence-corrected chi connectivity index (χ0v) is 11.1. The number of halogens is 1. The summed E-state index contributed by atoms with van der Waals surface area (Å²) in [6.07, 6.45) is 0. The number of phenolic OH excluding ortho intramolecular Hbond substituents is 1. The predicted octanol–water partition coefficient (Wildman–Crippen LogP) is 3.26. The second-order valence-electron chi connectivity index (χ2n) is 4.32. The van der Waals surface area contributed by atoms with Crippen molar-refractivity contribution in [1.29, 1.82) is 0 Å². The summed E-state index contributed by atoms with van der Waals surface area (Å²) in [6.45, 7) is 0. The second-order valence-corrected chi connectivity index (χ2v) is 4.32. The molecule has 0 saturated carbocycles. The Hall–Kier alpha value is -2.89. The van der Waals surface area contributed by atoms with Gasteiger partial charge in [-0.1, -0.05) is 17.3 Å². The van der Waals surface area contributed by atoms with E-state index in [0.29, 0.717) is 16.9 Å². The van der Waals surface area contributed by atoms with Crippen LogP contribution in [-0.4, -0.2) is 22.4 Å². The first kappa shape index (κ1) is 13.1. The molecule has 0 fully saturated rings. The summed E-state index contributed by atoms with van der Waals surface area (Å²) in [5.74, 6) is 0.456. The van der Waals surface area contributed by atoms with Crippen molar-refractivity contribution < 1.29 is 18.8 Å².